The highest BCUT2D eigenvalue weighted by Gasteiger charge is 2.22. The van der Waals surface area contributed by atoms with E-state index in [2.05, 4.69) is 4.99 Å². The molecule has 1 heterocycles. The van der Waals surface area contributed by atoms with Crippen molar-refractivity contribution < 1.29 is 23.8 Å². The van der Waals surface area contributed by atoms with Crippen molar-refractivity contribution >= 4 is 6.08 Å². The predicted octanol–water partition coefficient (Wildman–Crippen LogP) is 1.14. The molecule has 5 nitrogen and oxygen atoms in total. The summed E-state index contributed by atoms with van der Waals surface area (Å²) in [6, 6.07) is 1.14. The van der Waals surface area contributed by atoms with Crippen LogP contribution < -0.4 is 9.47 Å². The molecule has 1 aromatic rings. The molecule has 0 aliphatic carbocycles. The number of phenols is 1. The van der Waals surface area contributed by atoms with Crippen LogP contribution in [-0.4, -0.2) is 24.4 Å². The van der Waals surface area contributed by atoms with E-state index >= 15 is 0 Å². The second-order valence-corrected chi connectivity index (χ2v) is 3.12. The van der Waals surface area contributed by atoms with Crippen LogP contribution >= 0.6 is 0 Å². The van der Waals surface area contributed by atoms with Crippen LogP contribution in [0.5, 0.6) is 17.2 Å². The molecule has 0 aromatic heterocycles. The molecule has 0 saturated carbocycles. The van der Waals surface area contributed by atoms with Crippen molar-refractivity contribution in [2.75, 3.05) is 13.2 Å². The zero-order chi connectivity index (χ0) is 11.5. The molecule has 0 amide bonds. The van der Waals surface area contributed by atoms with Gasteiger partial charge in [-0.3, -0.25) is 0 Å². The number of ether oxygens (including phenoxy) is 2. The SMILES string of the molecule is O=C=NCc1c(F)c(O)cc2c1OCCO2. The zero-order valence-corrected chi connectivity index (χ0v) is 8.20. The summed E-state index contributed by atoms with van der Waals surface area (Å²) in [5.41, 5.74) is -0.00181. The lowest BCUT2D eigenvalue weighted by molar-refractivity contribution is 0.167. The largest absolute Gasteiger partial charge is 0.505 e. The first-order chi connectivity index (χ1) is 7.74. The van der Waals surface area contributed by atoms with Crippen LogP contribution in [-0.2, 0) is 11.3 Å². The number of nitrogens with zero attached hydrogens (tertiary/aromatic N) is 1. The van der Waals surface area contributed by atoms with E-state index in [-0.39, 0.29) is 30.2 Å². The van der Waals surface area contributed by atoms with Crippen molar-refractivity contribution in [3.63, 3.8) is 0 Å². The van der Waals surface area contributed by atoms with Gasteiger partial charge in [0.2, 0.25) is 6.08 Å². The second kappa shape index (κ2) is 4.20. The Morgan fingerprint density at radius 3 is 3.00 bits per heavy atom. The molecule has 0 fully saturated rings. The molecular formula is C10H8FNO4. The Bertz CT molecular complexity index is 468. The van der Waals surface area contributed by atoms with Crippen LogP contribution in [0.25, 0.3) is 0 Å². The first-order valence-electron chi connectivity index (χ1n) is 4.57. The molecule has 0 spiro atoms. The molecule has 16 heavy (non-hydrogen) atoms. The predicted molar refractivity (Wildman–Crippen MR) is 50.9 cm³/mol. The van der Waals surface area contributed by atoms with Crippen LogP contribution in [0.1, 0.15) is 5.56 Å². The molecule has 0 atom stereocenters. The normalized spacial score (nSPS) is 13.1. The fraction of sp³-hybridized carbons (Fsp3) is 0.300. The van der Waals surface area contributed by atoms with Crippen molar-refractivity contribution in [2.45, 2.75) is 6.54 Å². The van der Waals surface area contributed by atoms with Gasteiger partial charge in [0.05, 0.1) is 12.1 Å². The molecule has 1 aromatic carbocycles. The Kier molecular flexibility index (Phi) is 2.74. The number of isocyanates is 1. The summed E-state index contributed by atoms with van der Waals surface area (Å²) in [7, 11) is 0. The summed E-state index contributed by atoms with van der Waals surface area (Å²) in [5.74, 6) is -0.981. The van der Waals surface area contributed by atoms with Gasteiger partial charge < -0.3 is 14.6 Å². The number of fused-ring (bicyclic) bond motifs is 1. The maximum atomic E-state index is 13.5. The molecule has 1 aliphatic rings. The highest BCUT2D eigenvalue weighted by molar-refractivity contribution is 5.53. The van der Waals surface area contributed by atoms with Gasteiger partial charge in [0, 0.05) is 6.07 Å². The lowest BCUT2D eigenvalue weighted by Crippen LogP contribution is -2.17. The van der Waals surface area contributed by atoms with E-state index in [1.54, 1.807) is 0 Å². The van der Waals surface area contributed by atoms with Crippen LogP contribution in [0.3, 0.4) is 0 Å². The van der Waals surface area contributed by atoms with Crippen molar-refractivity contribution in [2.24, 2.45) is 4.99 Å². The molecule has 0 saturated heterocycles. The molecule has 1 aliphatic heterocycles. The lowest BCUT2D eigenvalue weighted by Gasteiger charge is -2.21. The van der Waals surface area contributed by atoms with E-state index in [1.807, 2.05) is 0 Å². The molecule has 0 bridgehead atoms. The molecule has 0 unspecified atom stereocenters. The van der Waals surface area contributed by atoms with Gasteiger partial charge in [0.25, 0.3) is 0 Å². The van der Waals surface area contributed by atoms with Gasteiger partial charge in [0.15, 0.2) is 23.1 Å². The van der Waals surface area contributed by atoms with E-state index < -0.39 is 11.6 Å². The van der Waals surface area contributed by atoms with Crippen LogP contribution in [0.4, 0.5) is 4.39 Å². The summed E-state index contributed by atoms with van der Waals surface area (Å²) in [6.45, 7) is 0.374. The number of benzene rings is 1. The minimum Gasteiger partial charge on any atom is -0.505 e. The van der Waals surface area contributed by atoms with E-state index in [4.69, 9.17) is 9.47 Å². The highest BCUT2D eigenvalue weighted by Crippen LogP contribution is 2.40. The van der Waals surface area contributed by atoms with E-state index in [0.29, 0.717) is 6.61 Å². The summed E-state index contributed by atoms with van der Waals surface area (Å²) < 4.78 is 23.9. The number of hydrogen-bond donors (Lipinski definition) is 1. The molecule has 0 radical (unpaired) electrons. The first kappa shape index (κ1) is 10.4. The number of hydrogen-bond acceptors (Lipinski definition) is 5. The van der Waals surface area contributed by atoms with Crippen LogP contribution in [0, 0.1) is 5.82 Å². The average molecular weight is 225 g/mol. The summed E-state index contributed by atoms with van der Waals surface area (Å²) in [6.07, 6.45) is 1.30. The number of carbonyl (C=O) groups excluding carboxylic acids is 1. The standard InChI is InChI=1S/C10H8FNO4/c11-9-6(4-12-5-13)10-8(3-7(9)14)15-1-2-16-10/h3,14H,1-2,4H2. The fourth-order valence-corrected chi connectivity index (χ4v) is 1.47. The van der Waals surface area contributed by atoms with Gasteiger partial charge in [-0.15, -0.1) is 0 Å². The van der Waals surface area contributed by atoms with Crippen LogP contribution in [0.15, 0.2) is 11.1 Å². The number of phenolic OH excluding ortho intramolecular Hbond substituents is 1. The Morgan fingerprint density at radius 1 is 1.50 bits per heavy atom. The van der Waals surface area contributed by atoms with Gasteiger partial charge in [-0.2, -0.15) is 0 Å². The third kappa shape index (κ3) is 1.70. The van der Waals surface area contributed by atoms with E-state index in [9.17, 15) is 14.3 Å². The van der Waals surface area contributed by atoms with Crippen molar-refractivity contribution in [1.82, 2.24) is 0 Å². The van der Waals surface area contributed by atoms with Crippen molar-refractivity contribution in [3.8, 4) is 17.2 Å². The Morgan fingerprint density at radius 2 is 2.25 bits per heavy atom. The number of halogens is 1. The fourth-order valence-electron chi connectivity index (χ4n) is 1.47. The van der Waals surface area contributed by atoms with Gasteiger partial charge >= 0.3 is 0 Å². The smallest absolute Gasteiger partial charge is 0.235 e. The maximum Gasteiger partial charge on any atom is 0.235 e. The molecule has 6 heteroatoms. The Balaban J connectivity index is 2.53. The van der Waals surface area contributed by atoms with Gasteiger partial charge in [-0.05, 0) is 0 Å². The van der Waals surface area contributed by atoms with Gasteiger partial charge in [0.1, 0.15) is 13.2 Å². The topological polar surface area (TPSA) is 68.1 Å². The Hall–Kier alpha value is -2.07. The summed E-state index contributed by atoms with van der Waals surface area (Å²) in [5, 5.41) is 9.30. The molecule has 1 N–H and O–H groups in total. The monoisotopic (exact) mass is 225 g/mol. The number of rotatable bonds is 2. The minimum atomic E-state index is -0.858. The molecule has 2 rings (SSSR count). The minimum absolute atomic E-state index is 0.00181. The zero-order valence-electron chi connectivity index (χ0n) is 8.20. The summed E-state index contributed by atoms with van der Waals surface area (Å²) >= 11 is 0. The third-order valence-electron chi connectivity index (χ3n) is 2.14. The maximum absolute atomic E-state index is 13.5. The van der Waals surface area contributed by atoms with Crippen LogP contribution in [0.2, 0.25) is 0 Å². The third-order valence-corrected chi connectivity index (χ3v) is 2.14. The molecular weight excluding hydrogens is 217 g/mol. The van der Waals surface area contributed by atoms with Crippen molar-refractivity contribution in [1.29, 1.82) is 0 Å². The number of aliphatic imine (C=N–C) groups is 1. The highest BCUT2D eigenvalue weighted by atomic mass is 19.1. The van der Waals surface area contributed by atoms with E-state index in [1.165, 1.54) is 6.08 Å². The van der Waals surface area contributed by atoms with E-state index in [0.717, 1.165) is 6.07 Å². The average Bonchev–Trinajstić information content (AvgIpc) is 2.30. The summed E-state index contributed by atoms with van der Waals surface area (Å²) in [4.78, 5) is 13.3. The van der Waals surface area contributed by atoms with Gasteiger partial charge in [-0.25, -0.2) is 14.2 Å². The van der Waals surface area contributed by atoms with Gasteiger partial charge in [-0.1, -0.05) is 0 Å². The Labute approximate surface area is 90.1 Å². The first-order valence-corrected chi connectivity index (χ1v) is 4.57. The quantitative estimate of drug-likeness (QED) is 0.605. The lowest BCUT2D eigenvalue weighted by atomic mass is 10.1. The van der Waals surface area contributed by atoms with Crippen molar-refractivity contribution in [3.05, 3.63) is 17.4 Å². The second-order valence-electron chi connectivity index (χ2n) is 3.12. The number of aromatic hydroxyl groups is 1. The molecule has 84 valence electrons.